The summed E-state index contributed by atoms with van der Waals surface area (Å²) in [6, 6.07) is 1.79. The first kappa shape index (κ1) is 18.4. The van der Waals surface area contributed by atoms with Crippen molar-refractivity contribution < 1.29 is 17.4 Å². The maximum absolute atomic E-state index is 12.4. The SMILES string of the molecule is CC(C)c1cnc(N2CC(CS(=O)C(F)(F)F)C2)c2cnc(Cl)cc12. The highest BCUT2D eigenvalue weighted by Gasteiger charge is 2.41. The lowest BCUT2D eigenvalue weighted by Gasteiger charge is -2.40. The summed E-state index contributed by atoms with van der Waals surface area (Å²) >= 11 is 6.01. The molecule has 2 aromatic rings. The molecule has 136 valence electrons. The second-order valence-electron chi connectivity index (χ2n) is 6.47. The Hall–Kier alpha value is -1.41. The fourth-order valence-electron chi connectivity index (χ4n) is 2.99. The summed E-state index contributed by atoms with van der Waals surface area (Å²) in [6.07, 6.45) is 3.42. The normalized spacial score (nSPS) is 17.2. The van der Waals surface area contributed by atoms with E-state index in [1.165, 1.54) is 0 Å². The Labute approximate surface area is 150 Å². The second kappa shape index (κ2) is 6.72. The maximum atomic E-state index is 12.4. The first-order chi connectivity index (χ1) is 11.7. The van der Waals surface area contributed by atoms with Crippen molar-refractivity contribution in [3.8, 4) is 0 Å². The van der Waals surface area contributed by atoms with Crippen molar-refractivity contribution in [3.05, 3.63) is 29.2 Å². The molecule has 1 unspecified atom stereocenters. The molecule has 1 aliphatic heterocycles. The first-order valence-electron chi connectivity index (χ1n) is 7.81. The highest BCUT2D eigenvalue weighted by Crippen LogP contribution is 2.35. The minimum atomic E-state index is -4.65. The smallest absolute Gasteiger partial charge is 0.355 e. The highest BCUT2D eigenvalue weighted by atomic mass is 35.5. The molecule has 25 heavy (non-hydrogen) atoms. The molecule has 3 heterocycles. The van der Waals surface area contributed by atoms with E-state index >= 15 is 0 Å². The summed E-state index contributed by atoms with van der Waals surface area (Å²) in [6.45, 7) is 4.90. The van der Waals surface area contributed by atoms with E-state index in [0.717, 1.165) is 16.3 Å². The van der Waals surface area contributed by atoms with Crippen molar-refractivity contribution in [1.29, 1.82) is 0 Å². The molecule has 0 aliphatic carbocycles. The van der Waals surface area contributed by atoms with Crippen molar-refractivity contribution in [1.82, 2.24) is 9.97 Å². The van der Waals surface area contributed by atoms with E-state index < -0.39 is 16.3 Å². The van der Waals surface area contributed by atoms with Crippen LogP contribution in [0.5, 0.6) is 0 Å². The Morgan fingerprint density at radius 2 is 1.96 bits per heavy atom. The van der Waals surface area contributed by atoms with Crippen LogP contribution in [0.1, 0.15) is 25.3 Å². The molecular formula is C16H17ClF3N3OS. The predicted molar refractivity (Wildman–Crippen MR) is 93.4 cm³/mol. The molecule has 0 saturated carbocycles. The lowest BCUT2D eigenvalue weighted by Crippen LogP contribution is -2.50. The largest absolute Gasteiger partial charge is 0.471 e. The third kappa shape index (κ3) is 3.74. The molecule has 4 nitrogen and oxygen atoms in total. The van der Waals surface area contributed by atoms with Gasteiger partial charge >= 0.3 is 5.51 Å². The molecule has 1 fully saturated rings. The molecule has 3 rings (SSSR count). The number of halogens is 4. The van der Waals surface area contributed by atoms with Gasteiger partial charge in [0.15, 0.2) is 0 Å². The Balaban J connectivity index is 1.82. The van der Waals surface area contributed by atoms with Crippen LogP contribution in [0.15, 0.2) is 18.5 Å². The minimum absolute atomic E-state index is 0.251. The molecule has 0 bridgehead atoms. The van der Waals surface area contributed by atoms with E-state index in [4.69, 9.17) is 11.6 Å². The molecule has 0 aromatic carbocycles. The Morgan fingerprint density at radius 3 is 2.56 bits per heavy atom. The van der Waals surface area contributed by atoms with Gasteiger partial charge < -0.3 is 4.90 Å². The van der Waals surface area contributed by atoms with Gasteiger partial charge in [-0.3, -0.25) is 4.21 Å². The van der Waals surface area contributed by atoms with Gasteiger partial charge in [0, 0.05) is 42.5 Å². The van der Waals surface area contributed by atoms with Crippen LogP contribution in [0.25, 0.3) is 10.8 Å². The van der Waals surface area contributed by atoms with Gasteiger partial charge in [-0.05, 0) is 22.9 Å². The van der Waals surface area contributed by atoms with Gasteiger partial charge in [0.2, 0.25) is 0 Å². The average molecular weight is 392 g/mol. The summed E-state index contributed by atoms with van der Waals surface area (Å²) in [4.78, 5) is 10.5. The number of hydrogen-bond acceptors (Lipinski definition) is 4. The van der Waals surface area contributed by atoms with Crippen LogP contribution >= 0.6 is 11.6 Å². The first-order valence-corrected chi connectivity index (χ1v) is 9.50. The van der Waals surface area contributed by atoms with Gasteiger partial charge in [0.1, 0.15) is 21.8 Å². The summed E-state index contributed by atoms with van der Waals surface area (Å²) < 4.78 is 48.4. The van der Waals surface area contributed by atoms with E-state index in [-0.39, 0.29) is 17.6 Å². The van der Waals surface area contributed by atoms with Crippen LogP contribution in [-0.4, -0.2) is 38.5 Å². The maximum Gasteiger partial charge on any atom is 0.471 e. The monoisotopic (exact) mass is 391 g/mol. The van der Waals surface area contributed by atoms with Crippen molar-refractivity contribution in [2.75, 3.05) is 23.7 Å². The van der Waals surface area contributed by atoms with Crippen molar-refractivity contribution in [2.24, 2.45) is 5.92 Å². The molecule has 0 radical (unpaired) electrons. The van der Waals surface area contributed by atoms with Gasteiger partial charge in [-0.2, -0.15) is 13.2 Å². The average Bonchev–Trinajstić information content (AvgIpc) is 2.47. The number of alkyl halides is 3. The van der Waals surface area contributed by atoms with E-state index in [0.29, 0.717) is 24.1 Å². The quantitative estimate of drug-likeness (QED) is 0.736. The van der Waals surface area contributed by atoms with Gasteiger partial charge in [0.25, 0.3) is 0 Å². The molecule has 1 atom stereocenters. The molecule has 1 aliphatic rings. The van der Waals surface area contributed by atoms with Crippen LogP contribution in [0, 0.1) is 5.92 Å². The van der Waals surface area contributed by atoms with Crippen molar-refractivity contribution >= 4 is 39.0 Å². The topological polar surface area (TPSA) is 46.1 Å². The Bertz CT molecular complexity index is 822. The number of aromatic nitrogens is 2. The van der Waals surface area contributed by atoms with Crippen LogP contribution in [0.2, 0.25) is 5.15 Å². The standard InChI is InChI=1S/C16H17ClF3N3OS/c1-9(2)12-4-22-15(13-5-21-14(17)3-11(12)13)23-6-10(7-23)8-25(24)16(18,19)20/h3-5,9-10H,6-8H2,1-2H3. The number of hydrogen-bond donors (Lipinski definition) is 0. The fourth-order valence-corrected chi connectivity index (χ4v) is 3.97. The molecular weight excluding hydrogens is 375 g/mol. The lowest BCUT2D eigenvalue weighted by atomic mass is 9.97. The zero-order valence-corrected chi connectivity index (χ0v) is 15.3. The fraction of sp³-hybridized carbons (Fsp3) is 0.500. The zero-order chi connectivity index (χ0) is 18.4. The van der Waals surface area contributed by atoms with E-state index in [9.17, 15) is 17.4 Å². The van der Waals surface area contributed by atoms with E-state index in [2.05, 4.69) is 23.8 Å². The number of fused-ring (bicyclic) bond motifs is 1. The van der Waals surface area contributed by atoms with E-state index in [1.807, 2.05) is 4.90 Å². The summed E-state index contributed by atoms with van der Waals surface area (Å²) in [5.41, 5.74) is -3.61. The molecule has 2 aromatic heterocycles. The molecule has 9 heteroatoms. The molecule has 0 amide bonds. The third-order valence-corrected chi connectivity index (χ3v) is 5.77. The number of anilines is 1. The van der Waals surface area contributed by atoms with Crippen LogP contribution in [-0.2, 0) is 10.8 Å². The van der Waals surface area contributed by atoms with Gasteiger partial charge in [-0.15, -0.1) is 0 Å². The summed E-state index contributed by atoms with van der Waals surface area (Å²) in [5, 5.41) is 2.15. The van der Waals surface area contributed by atoms with Gasteiger partial charge in [0.05, 0.1) is 0 Å². The van der Waals surface area contributed by atoms with Gasteiger partial charge in [-0.25, -0.2) is 9.97 Å². The number of pyridine rings is 2. The Kier molecular flexibility index (Phi) is 4.94. The molecule has 0 spiro atoms. The van der Waals surface area contributed by atoms with Crippen molar-refractivity contribution in [3.63, 3.8) is 0 Å². The van der Waals surface area contributed by atoms with E-state index in [1.54, 1.807) is 18.5 Å². The second-order valence-corrected chi connectivity index (χ2v) is 8.35. The summed E-state index contributed by atoms with van der Waals surface area (Å²) in [7, 11) is -2.80. The number of nitrogens with zero attached hydrogens (tertiary/aromatic N) is 3. The zero-order valence-electron chi connectivity index (χ0n) is 13.7. The Morgan fingerprint density at radius 1 is 1.28 bits per heavy atom. The van der Waals surface area contributed by atoms with Gasteiger partial charge in [-0.1, -0.05) is 25.4 Å². The highest BCUT2D eigenvalue weighted by molar-refractivity contribution is 7.85. The molecule has 0 N–H and O–H groups in total. The number of rotatable bonds is 4. The van der Waals surface area contributed by atoms with Crippen LogP contribution in [0.3, 0.4) is 0 Å². The summed E-state index contributed by atoms with van der Waals surface area (Å²) in [5.74, 6) is 0.300. The van der Waals surface area contributed by atoms with Crippen molar-refractivity contribution in [2.45, 2.75) is 25.3 Å². The lowest BCUT2D eigenvalue weighted by molar-refractivity contribution is -0.0387. The van der Waals surface area contributed by atoms with Crippen LogP contribution in [0.4, 0.5) is 19.0 Å². The molecule has 1 saturated heterocycles. The van der Waals surface area contributed by atoms with Crippen LogP contribution < -0.4 is 4.90 Å². The predicted octanol–water partition coefficient (Wildman–Crippen LogP) is 4.11. The third-order valence-electron chi connectivity index (χ3n) is 4.27. The minimum Gasteiger partial charge on any atom is -0.355 e.